The molecule has 0 saturated carbocycles. The summed E-state index contributed by atoms with van der Waals surface area (Å²) in [6, 6.07) is 10.6. The Morgan fingerprint density at radius 2 is 2.11 bits per heavy atom. The highest BCUT2D eigenvalue weighted by atomic mass is 15.1. The summed E-state index contributed by atoms with van der Waals surface area (Å²) >= 11 is 0. The molecular weight excluding hydrogens is 222 g/mol. The summed E-state index contributed by atoms with van der Waals surface area (Å²) in [5, 5.41) is 3.53. The number of benzene rings is 1. The molecule has 0 aromatic heterocycles. The van der Waals surface area contributed by atoms with Crippen LogP contribution in [0, 0.1) is 5.92 Å². The average molecular weight is 247 g/mol. The summed E-state index contributed by atoms with van der Waals surface area (Å²) in [7, 11) is 0. The van der Waals surface area contributed by atoms with Crippen molar-refractivity contribution in [2.75, 3.05) is 32.7 Å². The van der Waals surface area contributed by atoms with E-state index in [4.69, 9.17) is 5.73 Å². The fraction of sp³-hybridized carbons (Fsp3) is 0.600. The Morgan fingerprint density at radius 3 is 2.89 bits per heavy atom. The molecule has 0 aliphatic carbocycles. The minimum Gasteiger partial charge on any atom is -0.329 e. The van der Waals surface area contributed by atoms with Crippen molar-refractivity contribution in [2.45, 2.75) is 19.4 Å². The summed E-state index contributed by atoms with van der Waals surface area (Å²) in [6.45, 7) is 6.44. The number of nitrogens with two attached hydrogens (primary N) is 1. The van der Waals surface area contributed by atoms with Gasteiger partial charge in [0, 0.05) is 26.2 Å². The summed E-state index contributed by atoms with van der Waals surface area (Å²) in [5.41, 5.74) is 6.95. The van der Waals surface area contributed by atoms with E-state index < -0.39 is 0 Å². The maximum Gasteiger partial charge on any atom is 0.0205 e. The van der Waals surface area contributed by atoms with Gasteiger partial charge in [-0.25, -0.2) is 0 Å². The second-order valence-electron chi connectivity index (χ2n) is 5.20. The van der Waals surface area contributed by atoms with Gasteiger partial charge in [0.2, 0.25) is 0 Å². The Morgan fingerprint density at radius 1 is 1.28 bits per heavy atom. The van der Waals surface area contributed by atoms with E-state index in [1.807, 2.05) is 0 Å². The van der Waals surface area contributed by atoms with Crippen LogP contribution in [0.4, 0.5) is 0 Å². The third kappa shape index (κ3) is 4.41. The molecular formula is C15H25N3. The molecule has 0 bridgehead atoms. The van der Waals surface area contributed by atoms with Crippen molar-refractivity contribution in [3.63, 3.8) is 0 Å². The summed E-state index contributed by atoms with van der Waals surface area (Å²) < 4.78 is 0. The fourth-order valence-corrected chi connectivity index (χ4v) is 2.67. The first-order valence-electron chi connectivity index (χ1n) is 7.05. The Bertz CT molecular complexity index is 326. The molecule has 1 heterocycles. The van der Waals surface area contributed by atoms with Crippen molar-refractivity contribution < 1.29 is 0 Å². The molecule has 1 atom stereocenters. The molecule has 1 saturated heterocycles. The second kappa shape index (κ2) is 7.52. The highest BCUT2D eigenvalue weighted by molar-refractivity contribution is 5.14. The molecule has 0 radical (unpaired) electrons. The number of hydrogen-bond acceptors (Lipinski definition) is 3. The molecule has 3 N–H and O–H groups in total. The van der Waals surface area contributed by atoms with Crippen molar-refractivity contribution in [2.24, 2.45) is 11.7 Å². The normalized spacial score (nSPS) is 20.4. The van der Waals surface area contributed by atoms with Gasteiger partial charge in [-0.3, -0.25) is 0 Å². The first kappa shape index (κ1) is 13.5. The monoisotopic (exact) mass is 247 g/mol. The molecule has 3 nitrogen and oxygen atoms in total. The van der Waals surface area contributed by atoms with Crippen LogP contribution in [0.15, 0.2) is 30.3 Å². The van der Waals surface area contributed by atoms with Gasteiger partial charge in [0.1, 0.15) is 0 Å². The first-order valence-corrected chi connectivity index (χ1v) is 7.05. The number of likely N-dealkylation sites (tertiary alicyclic amines) is 1. The Labute approximate surface area is 110 Å². The fourth-order valence-electron chi connectivity index (χ4n) is 2.67. The number of nitrogens with one attached hydrogen (secondary N) is 1. The maximum atomic E-state index is 5.59. The maximum absolute atomic E-state index is 5.59. The van der Waals surface area contributed by atoms with Crippen molar-refractivity contribution in [1.29, 1.82) is 0 Å². The highest BCUT2D eigenvalue weighted by Crippen LogP contribution is 2.18. The van der Waals surface area contributed by atoms with Crippen LogP contribution < -0.4 is 11.1 Å². The lowest BCUT2D eigenvalue weighted by molar-refractivity contribution is 0.328. The molecule has 2 rings (SSSR count). The predicted molar refractivity (Wildman–Crippen MR) is 76.4 cm³/mol. The molecule has 0 spiro atoms. The third-order valence-corrected chi connectivity index (χ3v) is 3.72. The van der Waals surface area contributed by atoms with Gasteiger partial charge in [-0.15, -0.1) is 0 Å². The number of nitrogens with zero attached hydrogens (tertiary/aromatic N) is 1. The molecule has 18 heavy (non-hydrogen) atoms. The summed E-state index contributed by atoms with van der Waals surface area (Å²) in [5.74, 6) is 0.861. The molecule has 1 aromatic rings. The van der Waals surface area contributed by atoms with Gasteiger partial charge in [0.15, 0.2) is 0 Å². The highest BCUT2D eigenvalue weighted by Gasteiger charge is 2.20. The number of rotatable bonds is 7. The lowest BCUT2D eigenvalue weighted by Gasteiger charge is -2.14. The predicted octanol–water partition coefficient (Wildman–Crippen LogP) is 1.45. The van der Waals surface area contributed by atoms with Crippen molar-refractivity contribution >= 4 is 0 Å². The minimum absolute atomic E-state index is 0.791. The SMILES string of the molecule is NCCN1CCC(CCNCc2ccccc2)C1. The molecule has 1 aromatic carbocycles. The van der Waals surface area contributed by atoms with Crippen LogP contribution in [0.2, 0.25) is 0 Å². The van der Waals surface area contributed by atoms with Crippen molar-refractivity contribution in [3.05, 3.63) is 35.9 Å². The van der Waals surface area contributed by atoms with Crippen LogP contribution in [0.5, 0.6) is 0 Å². The van der Waals surface area contributed by atoms with Crippen LogP contribution in [-0.4, -0.2) is 37.6 Å². The van der Waals surface area contributed by atoms with E-state index in [0.717, 1.165) is 32.1 Å². The van der Waals surface area contributed by atoms with Gasteiger partial charge < -0.3 is 16.0 Å². The molecule has 1 aliphatic heterocycles. The molecule has 3 heteroatoms. The zero-order valence-corrected chi connectivity index (χ0v) is 11.1. The van der Waals surface area contributed by atoms with Crippen LogP contribution in [0.1, 0.15) is 18.4 Å². The Kier molecular flexibility index (Phi) is 5.65. The van der Waals surface area contributed by atoms with Gasteiger partial charge in [-0.1, -0.05) is 30.3 Å². The van der Waals surface area contributed by atoms with E-state index in [9.17, 15) is 0 Å². The smallest absolute Gasteiger partial charge is 0.0205 e. The van der Waals surface area contributed by atoms with E-state index in [0.29, 0.717) is 0 Å². The van der Waals surface area contributed by atoms with Gasteiger partial charge in [0.05, 0.1) is 0 Å². The second-order valence-corrected chi connectivity index (χ2v) is 5.20. The van der Waals surface area contributed by atoms with E-state index in [1.54, 1.807) is 0 Å². The summed E-state index contributed by atoms with van der Waals surface area (Å²) in [6.07, 6.45) is 2.63. The zero-order chi connectivity index (χ0) is 12.6. The average Bonchev–Trinajstić information content (AvgIpc) is 2.84. The first-order chi connectivity index (χ1) is 8.88. The van der Waals surface area contributed by atoms with Gasteiger partial charge >= 0.3 is 0 Å². The zero-order valence-electron chi connectivity index (χ0n) is 11.1. The van der Waals surface area contributed by atoms with Gasteiger partial charge in [-0.05, 0) is 37.4 Å². The van der Waals surface area contributed by atoms with Crippen LogP contribution in [-0.2, 0) is 6.54 Å². The lowest BCUT2D eigenvalue weighted by atomic mass is 10.1. The van der Waals surface area contributed by atoms with E-state index in [1.165, 1.54) is 31.5 Å². The van der Waals surface area contributed by atoms with Crippen molar-refractivity contribution in [3.8, 4) is 0 Å². The third-order valence-electron chi connectivity index (χ3n) is 3.72. The van der Waals surface area contributed by atoms with Crippen molar-refractivity contribution in [1.82, 2.24) is 10.2 Å². The number of hydrogen-bond donors (Lipinski definition) is 2. The van der Waals surface area contributed by atoms with E-state index >= 15 is 0 Å². The Hall–Kier alpha value is -0.900. The van der Waals surface area contributed by atoms with E-state index in [2.05, 4.69) is 40.5 Å². The Balaban J connectivity index is 1.56. The van der Waals surface area contributed by atoms with Crippen LogP contribution in [0.25, 0.3) is 0 Å². The molecule has 1 aliphatic rings. The standard InChI is InChI=1S/C15H25N3/c16-8-11-18-10-7-15(13-18)6-9-17-12-14-4-2-1-3-5-14/h1-5,15,17H,6-13,16H2. The van der Waals surface area contributed by atoms with Gasteiger partial charge in [-0.2, -0.15) is 0 Å². The largest absolute Gasteiger partial charge is 0.329 e. The van der Waals surface area contributed by atoms with Gasteiger partial charge in [0.25, 0.3) is 0 Å². The summed E-state index contributed by atoms with van der Waals surface area (Å²) in [4.78, 5) is 2.49. The lowest BCUT2D eigenvalue weighted by Crippen LogP contribution is -2.27. The minimum atomic E-state index is 0.791. The quantitative estimate of drug-likeness (QED) is 0.717. The van der Waals surface area contributed by atoms with Crippen LogP contribution in [0.3, 0.4) is 0 Å². The van der Waals surface area contributed by atoms with Crippen LogP contribution >= 0.6 is 0 Å². The molecule has 1 unspecified atom stereocenters. The topological polar surface area (TPSA) is 41.3 Å². The molecule has 1 fully saturated rings. The molecule has 100 valence electrons. The molecule has 0 amide bonds. The van der Waals surface area contributed by atoms with E-state index in [-0.39, 0.29) is 0 Å².